The molecular formula is C21H25N5O2. The van der Waals surface area contributed by atoms with Gasteiger partial charge >= 0.3 is 0 Å². The van der Waals surface area contributed by atoms with Crippen molar-refractivity contribution in [1.29, 1.82) is 0 Å². The van der Waals surface area contributed by atoms with Crippen molar-refractivity contribution in [3.63, 3.8) is 0 Å². The molecule has 28 heavy (non-hydrogen) atoms. The molecule has 1 saturated carbocycles. The Bertz CT molecular complexity index is 1010. The largest absolute Gasteiger partial charge is 0.390 e. The Kier molecular flexibility index (Phi) is 4.10. The fourth-order valence-corrected chi connectivity index (χ4v) is 4.36. The summed E-state index contributed by atoms with van der Waals surface area (Å²) in [5.41, 5.74) is 2.22. The number of nitrogens with one attached hydrogen (secondary N) is 1. The Hall–Kier alpha value is -2.51. The summed E-state index contributed by atoms with van der Waals surface area (Å²) < 4.78 is 5.60. The highest BCUT2D eigenvalue weighted by atomic mass is 16.5. The molecule has 7 heteroatoms. The summed E-state index contributed by atoms with van der Waals surface area (Å²) in [6.45, 7) is 6.27. The summed E-state index contributed by atoms with van der Waals surface area (Å²) >= 11 is 0. The minimum Gasteiger partial charge on any atom is -0.390 e. The van der Waals surface area contributed by atoms with E-state index >= 15 is 0 Å². The first-order valence-corrected chi connectivity index (χ1v) is 9.88. The van der Waals surface area contributed by atoms with Crippen LogP contribution in [0.4, 0.5) is 5.82 Å². The third kappa shape index (κ3) is 3.04. The van der Waals surface area contributed by atoms with Crippen molar-refractivity contribution in [2.75, 3.05) is 24.7 Å². The molecule has 1 unspecified atom stereocenters. The van der Waals surface area contributed by atoms with Crippen molar-refractivity contribution >= 4 is 16.9 Å². The summed E-state index contributed by atoms with van der Waals surface area (Å²) in [5, 5.41) is 11.2. The van der Waals surface area contributed by atoms with Crippen LogP contribution in [0.5, 0.6) is 0 Å². The Morgan fingerprint density at radius 1 is 1.29 bits per heavy atom. The quantitative estimate of drug-likeness (QED) is 0.728. The first kappa shape index (κ1) is 17.6. The lowest BCUT2D eigenvalue weighted by Gasteiger charge is -2.41. The average Bonchev–Trinajstić information content (AvgIpc) is 3.15. The molecule has 1 aliphatic carbocycles. The second-order valence-corrected chi connectivity index (χ2v) is 8.29. The van der Waals surface area contributed by atoms with Crippen LogP contribution in [-0.4, -0.2) is 56.4 Å². The van der Waals surface area contributed by atoms with Crippen molar-refractivity contribution in [3.05, 3.63) is 36.3 Å². The van der Waals surface area contributed by atoms with Crippen molar-refractivity contribution in [2.24, 2.45) is 0 Å². The number of aromatic nitrogens is 4. The van der Waals surface area contributed by atoms with Gasteiger partial charge in [-0.25, -0.2) is 15.0 Å². The zero-order valence-electron chi connectivity index (χ0n) is 16.2. The zero-order valence-corrected chi connectivity index (χ0v) is 16.2. The zero-order chi connectivity index (χ0) is 19.3. The molecule has 3 aromatic rings. The molecule has 0 spiro atoms. The smallest absolute Gasteiger partial charge is 0.162 e. The molecule has 1 saturated heterocycles. The second-order valence-electron chi connectivity index (χ2n) is 8.29. The fourth-order valence-electron chi connectivity index (χ4n) is 4.36. The van der Waals surface area contributed by atoms with Crippen molar-refractivity contribution < 1.29 is 9.84 Å². The van der Waals surface area contributed by atoms with Gasteiger partial charge in [0.05, 0.1) is 24.9 Å². The number of H-pyrrole nitrogens is 1. The molecule has 0 aromatic carbocycles. The summed E-state index contributed by atoms with van der Waals surface area (Å²) in [4.78, 5) is 19.7. The number of ether oxygens (including phenoxy) is 1. The van der Waals surface area contributed by atoms with Crippen LogP contribution in [0.15, 0.2) is 30.6 Å². The highest BCUT2D eigenvalue weighted by Crippen LogP contribution is 2.44. The van der Waals surface area contributed by atoms with Gasteiger partial charge in [-0.1, -0.05) is 0 Å². The van der Waals surface area contributed by atoms with Gasteiger partial charge in [-0.05, 0) is 38.8 Å². The van der Waals surface area contributed by atoms with E-state index in [1.54, 1.807) is 6.20 Å². The van der Waals surface area contributed by atoms with Gasteiger partial charge in [-0.15, -0.1) is 0 Å². The fraction of sp³-hybridized carbons (Fsp3) is 0.476. The first-order chi connectivity index (χ1) is 13.5. The minimum atomic E-state index is -0.591. The third-order valence-electron chi connectivity index (χ3n) is 5.89. The van der Waals surface area contributed by atoms with Crippen LogP contribution in [0.3, 0.4) is 0 Å². The number of nitrogens with zero attached hydrogens (tertiary/aromatic N) is 4. The third-order valence-corrected chi connectivity index (χ3v) is 5.89. The highest BCUT2D eigenvalue weighted by Gasteiger charge is 2.40. The molecule has 1 aliphatic heterocycles. The Balaban J connectivity index is 1.62. The van der Waals surface area contributed by atoms with Crippen LogP contribution >= 0.6 is 0 Å². The number of hydrogen-bond donors (Lipinski definition) is 2. The van der Waals surface area contributed by atoms with Gasteiger partial charge in [0, 0.05) is 47.6 Å². The number of rotatable bonds is 3. The van der Waals surface area contributed by atoms with E-state index in [0.717, 1.165) is 47.5 Å². The van der Waals surface area contributed by atoms with E-state index in [0.29, 0.717) is 19.0 Å². The molecule has 146 valence electrons. The number of morpholine rings is 1. The number of aromatic amines is 1. The van der Waals surface area contributed by atoms with E-state index in [9.17, 15) is 5.11 Å². The lowest BCUT2D eigenvalue weighted by molar-refractivity contribution is -0.0323. The van der Waals surface area contributed by atoms with Crippen LogP contribution in [-0.2, 0) is 4.74 Å². The molecule has 2 N–H and O–H groups in total. The summed E-state index contributed by atoms with van der Waals surface area (Å²) in [6.07, 6.45) is 5.14. The second kappa shape index (κ2) is 6.53. The van der Waals surface area contributed by atoms with Gasteiger partial charge in [0.15, 0.2) is 5.82 Å². The molecular weight excluding hydrogens is 354 g/mol. The normalized spacial score (nSPS) is 27.8. The summed E-state index contributed by atoms with van der Waals surface area (Å²) in [5.74, 6) is 1.91. The van der Waals surface area contributed by atoms with E-state index in [4.69, 9.17) is 14.7 Å². The molecule has 7 nitrogen and oxygen atoms in total. The van der Waals surface area contributed by atoms with E-state index in [-0.39, 0.29) is 12.0 Å². The topological polar surface area (TPSA) is 87.2 Å². The van der Waals surface area contributed by atoms with Gasteiger partial charge in [-0.3, -0.25) is 0 Å². The van der Waals surface area contributed by atoms with E-state index in [2.05, 4.69) is 27.9 Å². The van der Waals surface area contributed by atoms with Gasteiger partial charge in [0.1, 0.15) is 11.5 Å². The van der Waals surface area contributed by atoms with Crippen molar-refractivity contribution in [3.8, 4) is 11.4 Å². The van der Waals surface area contributed by atoms with Crippen LogP contribution in [0.2, 0.25) is 0 Å². The monoisotopic (exact) mass is 379 g/mol. The van der Waals surface area contributed by atoms with E-state index in [1.807, 2.05) is 25.3 Å². The number of pyridine rings is 1. The maximum atomic E-state index is 10.2. The standard InChI is InChI=1S/C21H25N5O2/c1-13-12-28-8-7-26(13)18-9-17(14-10-21(2,27)11-14)24-20(25-18)16-4-6-23-19-15(16)3-5-22-19/h3-6,9,13-14,27H,7-8,10-12H2,1-2H3,(H,22,23). The Labute approximate surface area is 163 Å². The van der Waals surface area contributed by atoms with Crippen LogP contribution in [0, 0.1) is 0 Å². The van der Waals surface area contributed by atoms with Gasteiger partial charge in [-0.2, -0.15) is 0 Å². The maximum absolute atomic E-state index is 10.2. The summed E-state index contributed by atoms with van der Waals surface area (Å²) in [7, 11) is 0. The Morgan fingerprint density at radius 2 is 2.14 bits per heavy atom. The number of hydrogen-bond acceptors (Lipinski definition) is 6. The number of anilines is 1. The molecule has 2 aliphatic rings. The van der Waals surface area contributed by atoms with Crippen LogP contribution in [0.25, 0.3) is 22.4 Å². The molecule has 0 bridgehead atoms. The van der Waals surface area contributed by atoms with Crippen LogP contribution < -0.4 is 4.90 Å². The van der Waals surface area contributed by atoms with Gasteiger partial charge < -0.3 is 19.7 Å². The molecule has 0 radical (unpaired) electrons. The molecule has 4 heterocycles. The molecule has 1 atom stereocenters. The first-order valence-electron chi connectivity index (χ1n) is 9.88. The average molecular weight is 379 g/mol. The molecule has 3 aromatic heterocycles. The number of fused-ring (bicyclic) bond motifs is 1. The molecule has 0 amide bonds. The lowest BCUT2D eigenvalue weighted by Crippen LogP contribution is -2.44. The predicted octanol–water partition coefficient (Wildman–Crippen LogP) is 2.87. The van der Waals surface area contributed by atoms with Crippen molar-refractivity contribution in [2.45, 2.75) is 44.2 Å². The highest BCUT2D eigenvalue weighted by molar-refractivity contribution is 5.91. The van der Waals surface area contributed by atoms with E-state index in [1.165, 1.54) is 0 Å². The van der Waals surface area contributed by atoms with Crippen LogP contribution in [0.1, 0.15) is 38.3 Å². The summed E-state index contributed by atoms with van der Waals surface area (Å²) in [6, 6.07) is 6.34. The van der Waals surface area contributed by atoms with Gasteiger partial charge in [0.25, 0.3) is 0 Å². The number of aliphatic hydroxyl groups is 1. The lowest BCUT2D eigenvalue weighted by atomic mass is 9.70. The Morgan fingerprint density at radius 3 is 2.93 bits per heavy atom. The van der Waals surface area contributed by atoms with E-state index < -0.39 is 5.60 Å². The molecule has 5 rings (SSSR count). The van der Waals surface area contributed by atoms with Crippen molar-refractivity contribution in [1.82, 2.24) is 19.9 Å². The molecule has 2 fully saturated rings. The maximum Gasteiger partial charge on any atom is 0.162 e. The predicted molar refractivity (Wildman–Crippen MR) is 107 cm³/mol. The van der Waals surface area contributed by atoms with Gasteiger partial charge in [0.2, 0.25) is 0 Å². The SMILES string of the molecule is CC1COCCN1c1cc(C2CC(C)(O)C2)nc(-c2ccnc3[nH]ccc23)n1. The minimum absolute atomic E-state index is 0.260.